The number of aromatic carboxylic acids is 1. The summed E-state index contributed by atoms with van der Waals surface area (Å²) in [5, 5.41) is 11.0. The standard InChI is InChI=1S/C13H10N2O3S/c1-18-7-5-10(19-6-7)12-14-9-4-2-3-8(13(16)17)11(9)15-12/h2-6H,1H3,(H,14,15)(H,16,17). The van der Waals surface area contributed by atoms with Gasteiger partial charge in [0, 0.05) is 11.4 Å². The topological polar surface area (TPSA) is 75.2 Å². The van der Waals surface area contributed by atoms with Crippen LogP contribution in [0.4, 0.5) is 0 Å². The number of imidazole rings is 1. The molecule has 0 aliphatic heterocycles. The van der Waals surface area contributed by atoms with Gasteiger partial charge in [0.25, 0.3) is 0 Å². The molecule has 3 aromatic rings. The third-order valence-corrected chi connectivity index (χ3v) is 3.70. The monoisotopic (exact) mass is 274 g/mol. The van der Waals surface area contributed by atoms with Crippen LogP contribution in [0.2, 0.25) is 0 Å². The first-order valence-corrected chi connectivity index (χ1v) is 6.42. The summed E-state index contributed by atoms with van der Waals surface area (Å²) in [7, 11) is 1.60. The Balaban J connectivity index is 2.16. The van der Waals surface area contributed by atoms with Crippen molar-refractivity contribution in [1.29, 1.82) is 0 Å². The zero-order valence-electron chi connectivity index (χ0n) is 10.0. The summed E-state index contributed by atoms with van der Waals surface area (Å²) >= 11 is 1.49. The number of hydrogen-bond donors (Lipinski definition) is 2. The van der Waals surface area contributed by atoms with Crippen molar-refractivity contribution < 1.29 is 14.6 Å². The van der Waals surface area contributed by atoms with Crippen LogP contribution in [-0.2, 0) is 0 Å². The van der Waals surface area contributed by atoms with Crippen molar-refractivity contribution in [3.8, 4) is 16.5 Å². The molecule has 0 amide bonds. The van der Waals surface area contributed by atoms with Crippen LogP contribution in [0.15, 0.2) is 29.6 Å². The highest BCUT2D eigenvalue weighted by Crippen LogP contribution is 2.31. The molecule has 5 nitrogen and oxygen atoms in total. The van der Waals surface area contributed by atoms with Crippen molar-refractivity contribution in [1.82, 2.24) is 9.97 Å². The molecule has 3 rings (SSSR count). The maximum absolute atomic E-state index is 11.1. The molecule has 0 atom stereocenters. The minimum absolute atomic E-state index is 0.198. The number of nitrogens with zero attached hydrogens (tertiary/aromatic N) is 1. The molecule has 0 unspecified atom stereocenters. The fourth-order valence-electron chi connectivity index (χ4n) is 1.87. The molecule has 96 valence electrons. The molecule has 2 aromatic heterocycles. The number of carboxylic acids is 1. The fourth-order valence-corrected chi connectivity index (χ4v) is 2.67. The summed E-state index contributed by atoms with van der Waals surface area (Å²) in [5.41, 5.74) is 1.38. The molecule has 0 bridgehead atoms. The normalized spacial score (nSPS) is 10.8. The average Bonchev–Trinajstić information content (AvgIpc) is 3.03. The van der Waals surface area contributed by atoms with E-state index < -0.39 is 5.97 Å². The van der Waals surface area contributed by atoms with Crippen molar-refractivity contribution >= 4 is 28.3 Å². The van der Waals surface area contributed by atoms with Gasteiger partial charge in [0.1, 0.15) is 17.1 Å². The molecule has 0 aliphatic carbocycles. The quantitative estimate of drug-likeness (QED) is 0.769. The van der Waals surface area contributed by atoms with Gasteiger partial charge in [-0.15, -0.1) is 11.3 Å². The number of nitrogens with one attached hydrogen (secondary N) is 1. The second kappa shape index (κ2) is 4.40. The molecule has 6 heteroatoms. The van der Waals surface area contributed by atoms with Crippen molar-refractivity contribution in [3.05, 3.63) is 35.2 Å². The summed E-state index contributed by atoms with van der Waals surface area (Å²) in [4.78, 5) is 19.5. The van der Waals surface area contributed by atoms with Gasteiger partial charge in [-0.1, -0.05) is 6.07 Å². The van der Waals surface area contributed by atoms with E-state index in [0.29, 0.717) is 16.9 Å². The van der Waals surface area contributed by atoms with E-state index in [0.717, 1.165) is 10.6 Å². The molecule has 0 saturated heterocycles. The molecule has 0 fully saturated rings. The van der Waals surface area contributed by atoms with Crippen molar-refractivity contribution in [3.63, 3.8) is 0 Å². The van der Waals surface area contributed by atoms with Gasteiger partial charge >= 0.3 is 5.97 Å². The zero-order valence-corrected chi connectivity index (χ0v) is 10.8. The first-order chi connectivity index (χ1) is 9.19. The van der Waals surface area contributed by atoms with E-state index in [1.165, 1.54) is 11.3 Å². The van der Waals surface area contributed by atoms with Gasteiger partial charge in [0.2, 0.25) is 0 Å². The predicted octanol–water partition coefficient (Wildman–Crippen LogP) is 3.00. The molecular weight excluding hydrogens is 264 g/mol. The number of carbonyl (C=O) groups is 1. The first kappa shape index (κ1) is 11.7. The van der Waals surface area contributed by atoms with E-state index in [1.54, 1.807) is 19.2 Å². The molecule has 19 heavy (non-hydrogen) atoms. The van der Waals surface area contributed by atoms with E-state index in [4.69, 9.17) is 9.84 Å². The van der Waals surface area contributed by atoms with Gasteiger partial charge in [-0.3, -0.25) is 0 Å². The van der Waals surface area contributed by atoms with Gasteiger partial charge in [-0.25, -0.2) is 9.78 Å². The Bertz CT molecular complexity index is 760. The van der Waals surface area contributed by atoms with Gasteiger partial charge in [0.05, 0.1) is 23.1 Å². The first-order valence-electron chi connectivity index (χ1n) is 5.54. The molecule has 1 aromatic carbocycles. The van der Waals surface area contributed by atoms with E-state index in [-0.39, 0.29) is 5.56 Å². The number of rotatable bonds is 3. The van der Waals surface area contributed by atoms with E-state index in [1.807, 2.05) is 17.5 Å². The molecule has 0 aliphatic rings. The smallest absolute Gasteiger partial charge is 0.337 e. The number of aromatic amines is 1. The predicted molar refractivity (Wildman–Crippen MR) is 72.9 cm³/mol. The van der Waals surface area contributed by atoms with Crippen LogP contribution in [0.5, 0.6) is 5.75 Å². The van der Waals surface area contributed by atoms with E-state index >= 15 is 0 Å². The molecule has 0 spiro atoms. The third kappa shape index (κ3) is 1.96. The van der Waals surface area contributed by atoms with Crippen molar-refractivity contribution in [2.24, 2.45) is 0 Å². The number of fused-ring (bicyclic) bond motifs is 1. The fraction of sp³-hybridized carbons (Fsp3) is 0.0769. The Labute approximate surface area is 112 Å². The van der Waals surface area contributed by atoms with Crippen LogP contribution in [0.3, 0.4) is 0 Å². The molecule has 0 saturated carbocycles. The summed E-state index contributed by atoms with van der Waals surface area (Å²) in [6.07, 6.45) is 0. The second-order valence-electron chi connectivity index (χ2n) is 3.94. The Kier molecular flexibility index (Phi) is 2.72. The van der Waals surface area contributed by atoms with Crippen molar-refractivity contribution in [2.45, 2.75) is 0 Å². The lowest BCUT2D eigenvalue weighted by atomic mass is 10.2. The van der Waals surface area contributed by atoms with Crippen LogP contribution >= 0.6 is 11.3 Å². The van der Waals surface area contributed by atoms with Gasteiger partial charge in [0.15, 0.2) is 0 Å². The Hall–Kier alpha value is -2.34. The van der Waals surface area contributed by atoms with Crippen LogP contribution in [0.1, 0.15) is 10.4 Å². The average molecular weight is 274 g/mol. The number of aromatic nitrogens is 2. The zero-order chi connectivity index (χ0) is 13.4. The summed E-state index contributed by atoms with van der Waals surface area (Å²) in [6, 6.07) is 6.92. The van der Waals surface area contributed by atoms with Crippen LogP contribution in [0, 0.1) is 0 Å². The third-order valence-electron chi connectivity index (χ3n) is 2.79. The largest absolute Gasteiger partial charge is 0.496 e. The van der Waals surface area contributed by atoms with Crippen molar-refractivity contribution in [2.75, 3.05) is 7.11 Å². The summed E-state index contributed by atoms with van der Waals surface area (Å²) in [6.45, 7) is 0. The van der Waals surface area contributed by atoms with Gasteiger partial charge in [-0.05, 0) is 12.1 Å². The maximum atomic E-state index is 11.1. The SMILES string of the molecule is COc1csc(-c2nc3c(C(=O)O)cccc3[nH]2)c1. The highest BCUT2D eigenvalue weighted by atomic mass is 32.1. The highest BCUT2D eigenvalue weighted by molar-refractivity contribution is 7.13. The Morgan fingerprint density at radius 3 is 3.00 bits per heavy atom. The van der Waals surface area contributed by atoms with Gasteiger partial charge in [-0.2, -0.15) is 0 Å². The Morgan fingerprint density at radius 2 is 2.32 bits per heavy atom. The number of H-pyrrole nitrogens is 1. The number of carboxylic acid groups (broad SMARTS) is 1. The number of thiophene rings is 1. The van der Waals surface area contributed by atoms with Crippen LogP contribution in [-0.4, -0.2) is 28.2 Å². The van der Waals surface area contributed by atoms with E-state index in [2.05, 4.69) is 9.97 Å². The molecular formula is C13H10N2O3S. The molecule has 2 N–H and O–H groups in total. The number of benzene rings is 1. The van der Waals surface area contributed by atoms with Crippen LogP contribution < -0.4 is 4.74 Å². The minimum atomic E-state index is -0.979. The number of para-hydroxylation sites is 1. The van der Waals surface area contributed by atoms with Gasteiger partial charge < -0.3 is 14.8 Å². The summed E-state index contributed by atoms with van der Waals surface area (Å²) < 4.78 is 5.13. The number of hydrogen-bond acceptors (Lipinski definition) is 4. The number of methoxy groups -OCH3 is 1. The highest BCUT2D eigenvalue weighted by Gasteiger charge is 2.14. The number of ether oxygens (including phenoxy) is 1. The Morgan fingerprint density at radius 1 is 1.47 bits per heavy atom. The van der Waals surface area contributed by atoms with Crippen LogP contribution in [0.25, 0.3) is 21.7 Å². The lowest BCUT2D eigenvalue weighted by molar-refractivity contribution is 0.0699. The molecule has 2 heterocycles. The second-order valence-corrected chi connectivity index (χ2v) is 4.85. The lowest BCUT2D eigenvalue weighted by Crippen LogP contribution is -1.96. The molecule has 0 radical (unpaired) electrons. The maximum Gasteiger partial charge on any atom is 0.337 e. The van der Waals surface area contributed by atoms with E-state index in [9.17, 15) is 4.79 Å². The lowest BCUT2D eigenvalue weighted by Gasteiger charge is -1.93. The summed E-state index contributed by atoms with van der Waals surface area (Å²) in [5.74, 6) is 0.434. The minimum Gasteiger partial charge on any atom is -0.496 e.